The Morgan fingerprint density at radius 3 is 2.32 bits per heavy atom. The number of aliphatic hydroxyl groups is 1. The van der Waals surface area contributed by atoms with Crippen LogP contribution in [0.3, 0.4) is 0 Å². The maximum absolute atomic E-state index is 13.5. The van der Waals surface area contributed by atoms with Crippen molar-refractivity contribution in [3.05, 3.63) is 88.1 Å². The Balaban J connectivity index is 0.000000208. The number of carbonyl (C=O) groups excluding carboxylic acids is 3. The highest BCUT2D eigenvalue weighted by Gasteiger charge is 2.31. The number of anilines is 2. The second kappa shape index (κ2) is 15.2. The summed E-state index contributed by atoms with van der Waals surface area (Å²) in [5.74, 6) is -0.129. The number of pyridine rings is 1. The highest BCUT2D eigenvalue weighted by Crippen LogP contribution is 2.30. The van der Waals surface area contributed by atoms with Crippen LogP contribution in [0.1, 0.15) is 12.8 Å². The monoisotopic (exact) mass is 530 g/mol. The largest absolute Gasteiger partial charge is 0.395 e. The van der Waals surface area contributed by atoms with Gasteiger partial charge in [0.2, 0.25) is 18.7 Å². The molecule has 0 spiro atoms. The fourth-order valence-corrected chi connectivity index (χ4v) is 3.12. The molecule has 1 fully saturated rings. The molecule has 0 unspecified atom stereocenters. The van der Waals surface area contributed by atoms with Gasteiger partial charge in [0.1, 0.15) is 5.82 Å². The smallest absolute Gasteiger partial charge is 0.255 e. The summed E-state index contributed by atoms with van der Waals surface area (Å²) in [5, 5.41) is 13.9. The summed E-state index contributed by atoms with van der Waals surface area (Å²) in [6.07, 6.45) is 4.64. The molecule has 2 aromatic carbocycles. The number of aliphatic hydroxyl groups excluding tert-OH is 1. The van der Waals surface area contributed by atoms with Crippen molar-refractivity contribution in [2.45, 2.75) is 12.8 Å². The van der Waals surface area contributed by atoms with E-state index in [1.54, 1.807) is 60.6 Å². The molecular formula is C26H28ClFN4O5. The molecule has 1 aromatic heterocycles. The van der Waals surface area contributed by atoms with Crippen LogP contribution >= 0.6 is 11.6 Å². The normalized spacial score (nSPS) is 11.6. The van der Waals surface area contributed by atoms with E-state index in [2.05, 4.69) is 10.6 Å². The predicted octanol–water partition coefficient (Wildman–Crippen LogP) is 3.30. The summed E-state index contributed by atoms with van der Waals surface area (Å²) in [6.45, 7) is 0.532. The van der Waals surface area contributed by atoms with Crippen molar-refractivity contribution in [2.24, 2.45) is 5.92 Å². The number of hydrogen-bond acceptors (Lipinski definition) is 5. The predicted molar refractivity (Wildman–Crippen MR) is 140 cm³/mol. The third-order valence-electron chi connectivity index (χ3n) is 5.08. The van der Waals surface area contributed by atoms with Crippen LogP contribution in [0.15, 0.2) is 71.7 Å². The summed E-state index contributed by atoms with van der Waals surface area (Å²) in [7, 11) is 1.73. The Bertz CT molecular complexity index is 1230. The van der Waals surface area contributed by atoms with Gasteiger partial charge < -0.3 is 20.6 Å². The van der Waals surface area contributed by atoms with E-state index in [4.69, 9.17) is 16.7 Å². The highest BCUT2D eigenvalue weighted by atomic mass is 35.5. The Morgan fingerprint density at radius 1 is 1.11 bits per heavy atom. The number of nitrogens with zero attached hydrogens (tertiary/aromatic N) is 2. The first-order valence-corrected chi connectivity index (χ1v) is 11.7. The summed E-state index contributed by atoms with van der Waals surface area (Å²) >= 11 is 5.60. The molecule has 3 N–H and O–H groups in total. The van der Waals surface area contributed by atoms with E-state index in [9.17, 15) is 23.6 Å². The molecule has 1 heterocycles. The molecule has 1 aliphatic carbocycles. The third-order valence-corrected chi connectivity index (χ3v) is 5.33. The maximum Gasteiger partial charge on any atom is 0.255 e. The Kier molecular flexibility index (Phi) is 12.0. The maximum atomic E-state index is 13.5. The molecule has 0 radical (unpaired) electrons. The van der Waals surface area contributed by atoms with Crippen molar-refractivity contribution < 1.29 is 23.9 Å². The molecule has 0 bridgehead atoms. The first-order chi connectivity index (χ1) is 17.8. The molecule has 196 valence electrons. The lowest BCUT2D eigenvalue weighted by atomic mass is 10.2. The molecule has 1 aliphatic rings. The van der Waals surface area contributed by atoms with Crippen molar-refractivity contribution >= 4 is 41.7 Å². The van der Waals surface area contributed by atoms with Crippen LogP contribution in [0.2, 0.25) is 5.02 Å². The Hall–Kier alpha value is -4.02. The molecule has 4 rings (SSSR count). The van der Waals surface area contributed by atoms with Gasteiger partial charge in [0.05, 0.1) is 18.0 Å². The van der Waals surface area contributed by atoms with Crippen LogP contribution in [0.5, 0.6) is 0 Å². The number of benzene rings is 2. The molecule has 37 heavy (non-hydrogen) atoms. The zero-order valence-electron chi connectivity index (χ0n) is 20.1. The van der Waals surface area contributed by atoms with Crippen LogP contribution in [0.4, 0.5) is 15.8 Å². The zero-order chi connectivity index (χ0) is 27.2. The molecule has 1 saturated carbocycles. The minimum absolute atomic E-state index is 0.0644. The number of rotatable bonds is 8. The summed E-state index contributed by atoms with van der Waals surface area (Å²) in [6, 6.07) is 15.7. The van der Waals surface area contributed by atoms with E-state index in [-0.39, 0.29) is 29.7 Å². The second-order valence-corrected chi connectivity index (χ2v) is 8.30. The molecule has 0 atom stereocenters. The van der Waals surface area contributed by atoms with E-state index in [1.807, 2.05) is 0 Å². The number of hydrogen-bond donors (Lipinski definition) is 3. The Labute approximate surface area is 218 Å². The van der Waals surface area contributed by atoms with E-state index < -0.39 is 5.82 Å². The standard InChI is InChI=1S/C12H9FN2O2.C7H6ClNO.C7H13NO2/c13-10-7-9(4-5-11(10)14-8-16)15-6-2-1-3-12(15)17;8-6-1-3-7(4-2-6)9-5-10;1-8(4-5-9)7(10)6-2-3-6/h1-8H,(H,14,16);1-5H,(H,9,10);6,9H,2-5H2,1H3. The summed E-state index contributed by atoms with van der Waals surface area (Å²) in [5.41, 5.74) is 0.986. The number of amides is 3. The molecular weight excluding hydrogens is 503 g/mol. The van der Waals surface area contributed by atoms with Crippen molar-refractivity contribution in [1.29, 1.82) is 0 Å². The van der Waals surface area contributed by atoms with Gasteiger partial charge in [0.15, 0.2) is 0 Å². The lowest BCUT2D eigenvalue weighted by molar-refractivity contribution is -0.131. The van der Waals surface area contributed by atoms with Gasteiger partial charge in [0, 0.05) is 48.5 Å². The first kappa shape index (κ1) is 29.2. The molecule has 0 saturated heterocycles. The van der Waals surface area contributed by atoms with Gasteiger partial charge in [-0.1, -0.05) is 17.7 Å². The van der Waals surface area contributed by atoms with Crippen molar-refractivity contribution in [2.75, 3.05) is 30.8 Å². The van der Waals surface area contributed by atoms with Crippen molar-refractivity contribution in [3.63, 3.8) is 0 Å². The first-order valence-electron chi connectivity index (χ1n) is 11.3. The third kappa shape index (κ3) is 9.86. The SMILES string of the molecule is CN(CCO)C(=O)C1CC1.O=CNc1ccc(-n2ccccc2=O)cc1F.O=CNc1ccc(Cl)cc1. The van der Waals surface area contributed by atoms with E-state index in [0.717, 1.165) is 18.5 Å². The van der Waals surface area contributed by atoms with Crippen LogP contribution < -0.4 is 16.2 Å². The zero-order valence-corrected chi connectivity index (χ0v) is 20.9. The topological polar surface area (TPSA) is 121 Å². The number of carbonyl (C=O) groups is 3. The average Bonchev–Trinajstić information content (AvgIpc) is 3.73. The fraction of sp³-hybridized carbons (Fsp3) is 0.231. The molecule has 11 heteroatoms. The van der Waals surface area contributed by atoms with E-state index >= 15 is 0 Å². The van der Waals surface area contributed by atoms with Crippen LogP contribution in [-0.4, -0.2) is 53.5 Å². The molecule has 3 aromatic rings. The second-order valence-electron chi connectivity index (χ2n) is 7.86. The lowest BCUT2D eigenvalue weighted by Crippen LogP contribution is -2.30. The van der Waals surface area contributed by atoms with Gasteiger partial charge in [-0.2, -0.15) is 0 Å². The van der Waals surface area contributed by atoms with Crippen molar-refractivity contribution in [3.8, 4) is 5.69 Å². The molecule has 9 nitrogen and oxygen atoms in total. The number of nitrogens with one attached hydrogen (secondary N) is 2. The minimum atomic E-state index is -0.592. The van der Waals surface area contributed by atoms with E-state index in [0.29, 0.717) is 30.1 Å². The van der Waals surface area contributed by atoms with Gasteiger partial charge in [-0.05, 0) is 55.3 Å². The minimum Gasteiger partial charge on any atom is -0.395 e. The fourth-order valence-electron chi connectivity index (χ4n) is 2.99. The average molecular weight is 531 g/mol. The Morgan fingerprint density at radius 2 is 1.78 bits per heavy atom. The van der Waals surface area contributed by atoms with Crippen molar-refractivity contribution in [1.82, 2.24) is 9.47 Å². The van der Waals surface area contributed by atoms with Gasteiger partial charge in [0.25, 0.3) is 5.56 Å². The molecule has 3 amide bonds. The number of halogens is 2. The lowest BCUT2D eigenvalue weighted by Gasteiger charge is -2.14. The van der Waals surface area contributed by atoms with Gasteiger partial charge in [-0.15, -0.1) is 0 Å². The summed E-state index contributed by atoms with van der Waals surface area (Å²) in [4.78, 5) is 44.3. The van der Waals surface area contributed by atoms with Crippen LogP contribution in [0.25, 0.3) is 5.69 Å². The number of aromatic nitrogens is 1. The van der Waals surface area contributed by atoms with Crippen LogP contribution in [-0.2, 0) is 14.4 Å². The van der Waals surface area contributed by atoms with E-state index in [1.165, 1.54) is 22.8 Å². The van der Waals surface area contributed by atoms with Gasteiger partial charge in [-0.25, -0.2) is 4.39 Å². The quantitative estimate of drug-likeness (QED) is 0.386. The van der Waals surface area contributed by atoms with Gasteiger partial charge in [-0.3, -0.25) is 23.7 Å². The number of likely N-dealkylation sites (N-methyl/N-ethyl adjacent to an activating group) is 1. The van der Waals surface area contributed by atoms with Crippen LogP contribution in [0, 0.1) is 11.7 Å². The molecule has 0 aliphatic heterocycles. The highest BCUT2D eigenvalue weighted by molar-refractivity contribution is 6.30. The van der Waals surface area contributed by atoms with Gasteiger partial charge >= 0.3 is 0 Å². The summed E-state index contributed by atoms with van der Waals surface area (Å²) < 4.78 is 14.8.